The molecule has 0 radical (unpaired) electrons. The van der Waals surface area contributed by atoms with E-state index in [4.69, 9.17) is 11.6 Å². The van der Waals surface area contributed by atoms with Crippen molar-refractivity contribution in [3.8, 4) is 0 Å². The number of nitro benzene ring substituents is 1. The molecular formula is C24H19ClF2N2O2S. The van der Waals surface area contributed by atoms with Gasteiger partial charge in [-0.3, -0.25) is 10.1 Å². The molecule has 1 saturated carbocycles. The van der Waals surface area contributed by atoms with Crippen LogP contribution in [0.25, 0.3) is 0 Å². The van der Waals surface area contributed by atoms with Gasteiger partial charge in [0.2, 0.25) is 0 Å². The van der Waals surface area contributed by atoms with Crippen molar-refractivity contribution in [2.75, 3.05) is 5.32 Å². The number of anilines is 1. The van der Waals surface area contributed by atoms with Gasteiger partial charge < -0.3 is 5.32 Å². The first-order valence-corrected chi connectivity index (χ1v) is 11.6. The predicted molar refractivity (Wildman–Crippen MR) is 122 cm³/mol. The maximum absolute atomic E-state index is 14.7. The summed E-state index contributed by atoms with van der Waals surface area (Å²) < 4.78 is 28.3. The average Bonchev–Trinajstić information content (AvgIpc) is 3.11. The molecule has 8 heteroatoms. The van der Waals surface area contributed by atoms with Gasteiger partial charge >= 0.3 is 0 Å². The Kier molecular flexibility index (Phi) is 5.55. The number of halogens is 3. The molecule has 5 atom stereocenters. The molecule has 0 aromatic heterocycles. The van der Waals surface area contributed by atoms with Crippen molar-refractivity contribution >= 4 is 34.7 Å². The Labute approximate surface area is 193 Å². The van der Waals surface area contributed by atoms with Gasteiger partial charge in [0.25, 0.3) is 5.69 Å². The summed E-state index contributed by atoms with van der Waals surface area (Å²) in [5, 5.41) is 14.3. The second kappa shape index (κ2) is 8.37. The molecule has 0 amide bonds. The summed E-state index contributed by atoms with van der Waals surface area (Å²) in [6.45, 7) is 0. The molecule has 0 unspecified atom stereocenters. The zero-order chi connectivity index (χ0) is 22.4. The number of thioether (sulfide) groups is 1. The number of nitrogens with one attached hydrogen (secondary N) is 1. The second-order valence-corrected chi connectivity index (χ2v) is 9.91. The summed E-state index contributed by atoms with van der Waals surface area (Å²) in [4.78, 5) is 11.7. The number of para-hydroxylation sites is 2. The van der Waals surface area contributed by atoms with Gasteiger partial charge in [-0.1, -0.05) is 36.4 Å². The molecule has 0 saturated heterocycles. The molecule has 1 aliphatic heterocycles. The Bertz CT molecular complexity index is 1180. The first kappa shape index (κ1) is 21.2. The van der Waals surface area contributed by atoms with E-state index in [1.165, 1.54) is 36.0 Å². The maximum atomic E-state index is 14.7. The normalized spacial score (nSPS) is 26.2. The minimum Gasteiger partial charge on any atom is -0.375 e. The molecule has 0 spiro atoms. The van der Waals surface area contributed by atoms with E-state index < -0.39 is 0 Å². The molecule has 4 nitrogen and oxygen atoms in total. The van der Waals surface area contributed by atoms with E-state index in [0.29, 0.717) is 17.0 Å². The van der Waals surface area contributed by atoms with Gasteiger partial charge in [0, 0.05) is 17.2 Å². The standard InChI is InChI=1S/C24H19ClF2N2O2S/c25-22-20(32-19-7-2-1-6-18(19)29(30)31)12-16-21(22)15-4-3-5-17(27)24(15)28-23(16)13-8-10-14(26)11-9-13/h1-11,16,20-23,28H,12H2/t16-,20+,21+,22+,23-/m1/s1. The van der Waals surface area contributed by atoms with E-state index in [0.717, 1.165) is 11.1 Å². The van der Waals surface area contributed by atoms with Crippen molar-refractivity contribution in [2.24, 2.45) is 5.92 Å². The molecule has 3 aromatic carbocycles. The average molecular weight is 473 g/mol. The fourth-order valence-corrected chi connectivity index (χ4v) is 6.92. The fraction of sp³-hybridized carbons (Fsp3) is 0.250. The van der Waals surface area contributed by atoms with Gasteiger partial charge in [0.15, 0.2) is 0 Å². The van der Waals surface area contributed by atoms with E-state index in [-0.39, 0.29) is 50.7 Å². The minimum absolute atomic E-state index is 0.0255. The van der Waals surface area contributed by atoms with Crippen LogP contribution in [-0.4, -0.2) is 15.6 Å². The first-order chi connectivity index (χ1) is 15.4. The third kappa shape index (κ3) is 3.63. The lowest BCUT2D eigenvalue weighted by molar-refractivity contribution is -0.387. The Balaban J connectivity index is 1.54. The molecule has 1 fully saturated rings. The molecule has 2 aliphatic rings. The number of fused-ring (bicyclic) bond motifs is 3. The summed E-state index contributed by atoms with van der Waals surface area (Å²) in [7, 11) is 0. The smallest absolute Gasteiger partial charge is 0.282 e. The van der Waals surface area contributed by atoms with Crippen molar-refractivity contribution in [1.82, 2.24) is 0 Å². The number of benzene rings is 3. The highest BCUT2D eigenvalue weighted by atomic mass is 35.5. The Morgan fingerprint density at radius 1 is 1.03 bits per heavy atom. The quantitative estimate of drug-likeness (QED) is 0.254. The SMILES string of the molecule is O=[N+]([O-])c1ccccc1S[C@H]1C[C@@H]2[C@H](c3cccc(F)c3N[C@@H]2c2ccc(F)cc2)[C@H]1Cl. The van der Waals surface area contributed by atoms with Crippen molar-refractivity contribution in [3.05, 3.63) is 99.6 Å². The molecule has 0 bridgehead atoms. The van der Waals surface area contributed by atoms with Crippen LogP contribution in [0.15, 0.2) is 71.6 Å². The molecular weight excluding hydrogens is 454 g/mol. The monoisotopic (exact) mass is 472 g/mol. The molecule has 164 valence electrons. The third-order valence-electron chi connectivity index (χ3n) is 6.37. The van der Waals surface area contributed by atoms with Gasteiger partial charge in [-0.25, -0.2) is 8.78 Å². The van der Waals surface area contributed by atoms with Gasteiger partial charge in [0.1, 0.15) is 11.6 Å². The van der Waals surface area contributed by atoms with Crippen LogP contribution < -0.4 is 5.32 Å². The van der Waals surface area contributed by atoms with Crippen LogP contribution in [0.5, 0.6) is 0 Å². The summed E-state index contributed by atoms with van der Waals surface area (Å²) in [5.74, 6) is -0.803. The van der Waals surface area contributed by atoms with Crippen LogP contribution >= 0.6 is 23.4 Å². The molecule has 5 rings (SSSR count). The van der Waals surface area contributed by atoms with Crippen molar-refractivity contribution in [3.63, 3.8) is 0 Å². The summed E-state index contributed by atoms with van der Waals surface area (Å²) >= 11 is 8.39. The zero-order valence-corrected chi connectivity index (χ0v) is 18.3. The van der Waals surface area contributed by atoms with Crippen LogP contribution in [0.2, 0.25) is 0 Å². The Morgan fingerprint density at radius 2 is 1.78 bits per heavy atom. The molecule has 1 heterocycles. The van der Waals surface area contributed by atoms with E-state index >= 15 is 0 Å². The lowest BCUT2D eigenvalue weighted by Crippen LogP contribution is -2.31. The van der Waals surface area contributed by atoms with E-state index in [1.807, 2.05) is 6.07 Å². The highest BCUT2D eigenvalue weighted by Crippen LogP contribution is 2.58. The zero-order valence-electron chi connectivity index (χ0n) is 16.8. The van der Waals surface area contributed by atoms with E-state index in [2.05, 4.69) is 5.32 Å². The number of hydrogen-bond donors (Lipinski definition) is 1. The summed E-state index contributed by atoms with van der Waals surface area (Å²) in [6, 6.07) is 17.6. The highest BCUT2D eigenvalue weighted by Gasteiger charge is 2.50. The number of hydrogen-bond acceptors (Lipinski definition) is 4. The first-order valence-electron chi connectivity index (χ1n) is 10.3. The minimum atomic E-state index is -0.388. The largest absolute Gasteiger partial charge is 0.375 e. The molecule has 1 aliphatic carbocycles. The van der Waals surface area contributed by atoms with E-state index in [9.17, 15) is 18.9 Å². The Hall–Kier alpha value is -2.64. The predicted octanol–water partition coefficient (Wildman–Crippen LogP) is 6.91. The van der Waals surface area contributed by atoms with Crippen LogP contribution in [0.4, 0.5) is 20.2 Å². The molecule has 3 aromatic rings. The van der Waals surface area contributed by atoms with Gasteiger partial charge in [-0.05, 0) is 47.7 Å². The van der Waals surface area contributed by atoms with Crippen LogP contribution in [-0.2, 0) is 0 Å². The Morgan fingerprint density at radius 3 is 2.53 bits per heavy atom. The second-order valence-electron chi connectivity index (χ2n) is 8.13. The van der Waals surface area contributed by atoms with Gasteiger partial charge in [-0.2, -0.15) is 0 Å². The maximum Gasteiger partial charge on any atom is 0.282 e. The third-order valence-corrected chi connectivity index (χ3v) is 8.48. The lowest BCUT2D eigenvalue weighted by atomic mass is 9.77. The summed E-state index contributed by atoms with van der Waals surface area (Å²) in [6.07, 6.45) is 0.681. The van der Waals surface area contributed by atoms with Crippen molar-refractivity contribution in [2.45, 2.75) is 33.9 Å². The van der Waals surface area contributed by atoms with Gasteiger partial charge in [-0.15, -0.1) is 23.4 Å². The number of rotatable bonds is 4. The number of nitro groups is 1. The number of alkyl halides is 1. The van der Waals surface area contributed by atoms with Gasteiger partial charge in [0.05, 0.1) is 26.9 Å². The molecule has 1 N–H and O–H groups in total. The van der Waals surface area contributed by atoms with Crippen LogP contribution in [0.1, 0.15) is 29.5 Å². The van der Waals surface area contributed by atoms with E-state index in [1.54, 1.807) is 36.4 Å². The van der Waals surface area contributed by atoms with Crippen molar-refractivity contribution < 1.29 is 13.7 Å². The molecule has 32 heavy (non-hydrogen) atoms. The van der Waals surface area contributed by atoms with Crippen molar-refractivity contribution in [1.29, 1.82) is 0 Å². The lowest BCUT2D eigenvalue weighted by Gasteiger charge is -2.38. The topological polar surface area (TPSA) is 55.2 Å². The van der Waals surface area contributed by atoms with Crippen LogP contribution in [0, 0.1) is 27.7 Å². The highest BCUT2D eigenvalue weighted by molar-refractivity contribution is 8.00. The fourth-order valence-electron chi connectivity index (χ4n) is 4.98. The summed E-state index contributed by atoms with van der Waals surface area (Å²) in [5.41, 5.74) is 2.15. The number of nitrogens with zero attached hydrogens (tertiary/aromatic N) is 1. The van der Waals surface area contributed by atoms with Crippen LogP contribution in [0.3, 0.4) is 0 Å².